The maximum atomic E-state index is 12.6. The first kappa shape index (κ1) is 16.7. The molecule has 0 unspecified atom stereocenters. The number of hydrogen-bond donors (Lipinski definition) is 2. The number of amides is 1. The molecule has 25 heavy (non-hydrogen) atoms. The Kier molecular flexibility index (Phi) is 5.09. The van der Waals surface area contributed by atoms with Crippen LogP contribution >= 0.6 is 0 Å². The van der Waals surface area contributed by atoms with Crippen molar-refractivity contribution < 1.29 is 4.79 Å². The predicted molar refractivity (Wildman–Crippen MR) is 102 cm³/mol. The van der Waals surface area contributed by atoms with Crippen molar-refractivity contribution >= 4 is 23.0 Å². The van der Waals surface area contributed by atoms with Crippen LogP contribution in [0, 0.1) is 0 Å². The van der Waals surface area contributed by atoms with Crippen molar-refractivity contribution in [2.75, 3.05) is 10.6 Å². The number of carbonyl (C=O) groups excluding carboxylic acids is 1. The average molecular weight is 331 g/mol. The highest BCUT2D eigenvalue weighted by molar-refractivity contribution is 6.05. The van der Waals surface area contributed by atoms with Crippen molar-refractivity contribution in [1.29, 1.82) is 0 Å². The summed E-state index contributed by atoms with van der Waals surface area (Å²) in [5.41, 5.74) is 4.19. The number of pyridine rings is 1. The first-order valence-electron chi connectivity index (χ1n) is 8.31. The van der Waals surface area contributed by atoms with Gasteiger partial charge in [-0.2, -0.15) is 0 Å². The number of rotatable bonds is 5. The van der Waals surface area contributed by atoms with Gasteiger partial charge in [0.25, 0.3) is 5.91 Å². The summed E-state index contributed by atoms with van der Waals surface area (Å²) in [6.45, 7) is 4.22. The summed E-state index contributed by atoms with van der Waals surface area (Å²) in [6, 6.07) is 19.5. The van der Waals surface area contributed by atoms with E-state index in [1.165, 1.54) is 0 Å². The molecule has 0 saturated carbocycles. The fraction of sp³-hybridized carbons (Fsp3) is 0.143. The van der Waals surface area contributed by atoms with Gasteiger partial charge in [0.1, 0.15) is 0 Å². The topological polar surface area (TPSA) is 54.0 Å². The van der Waals surface area contributed by atoms with Crippen LogP contribution in [0.1, 0.15) is 35.7 Å². The first-order valence-corrected chi connectivity index (χ1v) is 8.31. The van der Waals surface area contributed by atoms with Gasteiger partial charge >= 0.3 is 0 Å². The Morgan fingerprint density at radius 3 is 2.40 bits per heavy atom. The number of hydrogen-bond acceptors (Lipinski definition) is 3. The number of nitrogens with zero attached hydrogens (tertiary/aromatic N) is 1. The van der Waals surface area contributed by atoms with Crippen LogP contribution in [0.25, 0.3) is 0 Å². The molecule has 0 fully saturated rings. The summed E-state index contributed by atoms with van der Waals surface area (Å²) in [5, 5.41) is 6.24. The van der Waals surface area contributed by atoms with E-state index in [0.717, 1.165) is 22.6 Å². The van der Waals surface area contributed by atoms with E-state index in [4.69, 9.17) is 0 Å². The van der Waals surface area contributed by atoms with Crippen LogP contribution in [0.2, 0.25) is 0 Å². The number of para-hydroxylation sites is 2. The molecule has 4 nitrogen and oxygen atoms in total. The van der Waals surface area contributed by atoms with E-state index < -0.39 is 0 Å². The largest absolute Gasteiger partial charge is 0.354 e. The van der Waals surface area contributed by atoms with E-state index in [1.54, 1.807) is 18.5 Å². The molecule has 0 aliphatic heterocycles. The van der Waals surface area contributed by atoms with Gasteiger partial charge in [-0.3, -0.25) is 9.78 Å². The number of benzene rings is 2. The summed E-state index contributed by atoms with van der Waals surface area (Å²) in [5.74, 6) is 0.165. The molecular formula is C21H21N3O. The molecule has 1 aromatic heterocycles. The summed E-state index contributed by atoms with van der Waals surface area (Å²) >= 11 is 0. The van der Waals surface area contributed by atoms with Crippen LogP contribution in [0.4, 0.5) is 17.1 Å². The van der Waals surface area contributed by atoms with Crippen molar-refractivity contribution in [3.05, 3.63) is 84.2 Å². The van der Waals surface area contributed by atoms with Gasteiger partial charge in [-0.25, -0.2) is 0 Å². The second-order valence-corrected chi connectivity index (χ2v) is 6.15. The molecule has 3 aromatic rings. The van der Waals surface area contributed by atoms with Crippen molar-refractivity contribution in [2.45, 2.75) is 19.8 Å². The Balaban J connectivity index is 1.78. The van der Waals surface area contributed by atoms with E-state index >= 15 is 0 Å². The van der Waals surface area contributed by atoms with Crippen LogP contribution in [0.5, 0.6) is 0 Å². The van der Waals surface area contributed by atoms with Crippen molar-refractivity contribution in [1.82, 2.24) is 4.98 Å². The van der Waals surface area contributed by atoms with E-state index in [9.17, 15) is 4.79 Å². The Hall–Kier alpha value is -3.14. The van der Waals surface area contributed by atoms with E-state index in [2.05, 4.69) is 29.5 Å². The summed E-state index contributed by atoms with van der Waals surface area (Å²) in [6.07, 6.45) is 3.27. The third-order valence-electron chi connectivity index (χ3n) is 3.89. The lowest BCUT2D eigenvalue weighted by atomic mass is 10.0. The molecule has 0 saturated heterocycles. The van der Waals surface area contributed by atoms with Crippen LogP contribution in [-0.4, -0.2) is 10.9 Å². The Morgan fingerprint density at radius 1 is 0.920 bits per heavy atom. The molecule has 1 amide bonds. The molecule has 2 aromatic carbocycles. The zero-order valence-corrected chi connectivity index (χ0v) is 14.4. The number of aromatic nitrogens is 1. The number of nitrogens with one attached hydrogen (secondary N) is 2. The predicted octanol–water partition coefficient (Wildman–Crippen LogP) is 5.20. The minimum Gasteiger partial charge on any atom is -0.354 e. The molecule has 0 bridgehead atoms. The molecule has 126 valence electrons. The molecule has 0 atom stereocenters. The minimum atomic E-state index is -0.169. The van der Waals surface area contributed by atoms with Crippen molar-refractivity contribution in [3.8, 4) is 0 Å². The zero-order valence-electron chi connectivity index (χ0n) is 14.4. The zero-order chi connectivity index (χ0) is 17.6. The highest BCUT2D eigenvalue weighted by Crippen LogP contribution is 2.24. The molecule has 0 aliphatic rings. The molecule has 0 spiro atoms. The first-order chi connectivity index (χ1) is 12.1. The van der Waals surface area contributed by atoms with Crippen LogP contribution in [-0.2, 0) is 0 Å². The van der Waals surface area contributed by atoms with E-state index in [-0.39, 0.29) is 5.91 Å². The second kappa shape index (κ2) is 7.62. The fourth-order valence-electron chi connectivity index (χ4n) is 2.63. The van der Waals surface area contributed by atoms with Crippen molar-refractivity contribution in [2.24, 2.45) is 0 Å². The van der Waals surface area contributed by atoms with Gasteiger partial charge in [0.05, 0.1) is 17.4 Å². The third kappa shape index (κ3) is 4.23. The number of carbonyl (C=O) groups is 1. The maximum absolute atomic E-state index is 12.6. The van der Waals surface area contributed by atoms with Gasteiger partial charge in [-0.15, -0.1) is 0 Å². The van der Waals surface area contributed by atoms with Crippen LogP contribution in [0.3, 0.4) is 0 Å². The molecule has 1 heterocycles. The monoisotopic (exact) mass is 331 g/mol. The Labute approximate surface area is 147 Å². The SMILES string of the molecule is CC(C)c1ccccc1NC(=O)c1cncc(Nc2ccccc2)c1. The van der Waals surface area contributed by atoms with Crippen LogP contribution < -0.4 is 10.6 Å². The van der Waals surface area contributed by atoms with E-state index in [0.29, 0.717) is 11.5 Å². The Bertz CT molecular complexity index is 860. The normalized spacial score (nSPS) is 10.5. The molecule has 0 radical (unpaired) electrons. The van der Waals surface area contributed by atoms with Gasteiger partial charge in [0.15, 0.2) is 0 Å². The highest BCUT2D eigenvalue weighted by Gasteiger charge is 2.11. The molecule has 4 heteroatoms. The standard InChI is InChI=1S/C21H21N3O/c1-15(2)19-10-6-7-11-20(19)24-21(25)16-12-18(14-22-13-16)23-17-8-4-3-5-9-17/h3-15,23H,1-2H3,(H,24,25). The second-order valence-electron chi connectivity index (χ2n) is 6.15. The van der Waals surface area contributed by atoms with Gasteiger partial charge in [-0.1, -0.05) is 50.2 Å². The minimum absolute atomic E-state index is 0.169. The van der Waals surface area contributed by atoms with Gasteiger partial charge < -0.3 is 10.6 Å². The smallest absolute Gasteiger partial charge is 0.257 e. The summed E-state index contributed by atoms with van der Waals surface area (Å²) < 4.78 is 0. The lowest BCUT2D eigenvalue weighted by Crippen LogP contribution is -2.14. The van der Waals surface area contributed by atoms with Gasteiger partial charge in [0.2, 0.25) is 0 Å². The maximum Gasteiger partial charge on any atom is 0.257 e. The van der Waals surface area contributed by atoms with Gasteiger partial charge in [-0.05, 0) is 35.7 Å². The summed E-state index contributed by atoms with van der Waals surface area (Å²) in [4.78, 5) is 16.8. The Morgan fingerprint density at radius 2 is 1.64 bits per heavy atom. The quantitative estimate of drug-likeness (QED) is 0.675. The third-order valence-corrected chi connectivity index (χ3v) is 3.89. The lowest BCUT2D eigenvalue weighted by molar-refractivity contribution is 0.102. The van der Waals surface area contributed by atoms with Crippen LogP contribution in [0.15, 0.2) is 73.1 Å². The number of anilines is 3. The summed E-state index contributed by atoms with van der Waals surface area (Å²) in [7, 11) is 0. The van der Waals surface area contributed by atoms with Gasteiger partial charge in [0, 0.05) is 17.6 Å². The fourth-order valence-corrected chi connectivity index (χ4v) is 2.63. The molecule has 3 rings (SSSR count). The molecule has 0 aliphatic carbocycles. The average Bonchev–Trinajstić information content (AvgIpc) is 2.63. The lowest BCUT2D eigenvalue weighted by Gasteiger charge is -2.14. The molecule has 2 N–H and O–H groups in total. The highest BCUT2D eigenvalue weighted by atomic mass is 16.1. The van der Waals surface area contributed by atoms with E-state index in [1.807, 2.05) is 54.6 Å². The molecular weight excluding hydrogens is 310 g/mol. The van der Waals surface area contributed by atoms with Crippen molar-refractivity contribution in [3.63, 3.8) is 0 Å².